The van der Waals surface area contributed by atoms with Gasteiger partial charge in [0.05, 0.1) is 0 Å². The van der Waals surface area contributed by atoms with Gasteiger partial charge in [-0.25, -0.2) is 9.67 Å². The molecule has 0 unspecified atom stereocenters. The monoisotopic (exact) mass is 358 g/mol. The lowest BCUT2D eigenvalue weighted by atomic mass is 9.94. The van der Waals surface area contributed by atoms with E-state index < -0.39 is 0 Å². The van der Waals surface area contributed by atoms with Gasteiger partial charge in [0.2, 0.25) is 17.6 Å². The van der Waals surface area contributed by atoms with Crippen LogP contribution in [0.4, 0.5) is 0 Å². The van der Waals surface area contributed by atoms with E-state index in [1.54, 1.807) is 22.3 Å². The van der Waals surface area contributed by atoms with E-state index in [-0.39, 0.29) is 12.5 Å². The molecule has 130 valence electrons. The van der Waals surface area contributed by atoms with Crippen LogP contribution in [0.25, 0.3) is 11.4 Å². The molecule has 9 heteroatoms. The lowest BCUT2D eigenvalue weighted by Gasteiger charge is -2.32. The molecule has 3 aromatic rings. The maximum Gasteiger partial charge on any atom is 0.244 e. The summed E-state index contributed by atoms with van der Waals surface area (Å²) in [6.45, 7) is 1.73. The molecule has 0 aliphatic carbocycles. The largest absolute Gasteiger partial charge is 0.341 e. The van der Waals surface area contributed by atoms with Gasteiger partial charge in [0.25, 0.3) is 0 Å². The van der Waals surface area contributed by atoms with Crippen molar-refractivity contribution in [1.29, 1.82) is 0 Å². The van der Waals surface area contributed by atoms with Crippen LogP contribution in [-0.4, -0.2) is 48.8 Å². The van der Waals surface area contributed by atoms with E-state index in [0.29, 0.717) is 30.6 Å². The van der Waals surface area contributed by atoms with Crippen LogP contribution in [0.2, 0.25) is 0 Å². The van der Waals surface area contributed by atoms with E-state index in [1.807, 2.05) is 21.7 Å². The summed E-state index contributed by atoms with van der Waals surface area (Å²) in [6.07, 6.45) is 5.74. The summed E-state index contributed by atoms with van der Waals surface area (Å²) in [6, 6.07) is 1.98. The average Bonchev–Trinajstić information content (AvgIpc) is 3.37. The zero-order valence-electron chi connectivity index (χ0n) is 13.6. The first-order valence-corrected chi connectivity index (χ1v) is 9.17. The molecule has 1 atom stereocenters. The summed E-state index contributed by atoms with van der Waals surface area (Å²) in [4.78, 5) is 22.7. The number of carbonyl (C=O) groups is 1. The Hall–Kier alpha value is -2.55. The predicted octanol–water partition coefficient (Wildman–Crippen LogP) is 1.87. The van der Waals surface area contributed by atoms with Gasteiger partial charge in [-0.1, -0.05) is 5.16 Å². The van der Waals surface area contributed by atoms with Gasteiger partial charge in [-0.3, -0.25) is 4.79 Å². The number of thiophene rings is 1. The minimum Gasteiger partial charge on any atom is -0.341 e. The number of aromatic nitrogens is 5. The minimum absolute atomic E-state index is 0.0692. The fourth-order valence-electron chi connectivity index (χ4n) is 3.10. The van der Waals surface area contributed by atoms with Gasteiger partial charge < -0.3 is 9.42 Å². The predicted molar refractivity (Wildman–Crippen MR) is 90.6 cm³/mol. The van der Waals surface area contributed by atoms with Crippen LogP contribution in [0.1, 0.15) is 18.7 Å². The van der Waals surface area contributed by atoms with Gasteiger partial charge in [-0.2, -0.15) is 21.4 Å². The third kappa shape index (κ3) is 3.76. The summed E-state index contributed by atoms with van der Waals surface area (Å²) in [7, 11) is 0. The van der Waals surface area contributed by atoms with E-state index in [9.17, 15) is 4.79 Å². The highest BCUT2D eigenvalue weighted by Gasteiger charge is 2.25. The molecule has 4 heterocycles. The van der Waals surface area contributed by atoms with Crippen molar-refractivity contribution in [3.8, 4) is 11.4 Å². The fraction of sp³-hybridized carbons (Fsp3) is 0.438. The Bertz CT molecular complexity index is 814. The number of amides is 1. The Morgan fingerprint density at radius 2 is 2.40 bits per heavy atom. The molecule has 0 saturated carbocycles. The molecule has 0 radical (unpaired) electrons. The molecule has 3 aromatic heterocycles. The molecule has 4 rings (SSSR count). The zero-order valence-corrected chi connectivity index (χ0v) is 14.4. The summed E-state index contributed by atoms with van der Waals surface area (Å²) < 4.78 is 6.94. The topological polar surface area (TPSA) is 89.9 Å². The van der Waals surface area contributed by atoms with E-state index in [2.05, 4.69) is 20.2 Å². The number of rotatable bonds is 5. The quantitative estimate of drug-likeness (QED) is 0.692. The number of likely N-dealkylation sites (tertiary alicyclic amines) is 1. The van der Waals surface area contributed by atoms with Crippen molar-refractivity contribution in [2.24, 2.45) is 5.92 Å². The molecule has 8 nitrogen and oxygen atoms in total. The van der Waals surface area contributed by atoms with Crippen LogP contribution in [0.3, 0.4) is 0 Å². The number of hydrogen-bond acceptors (Lipinski definition) is 7. The molecule has 0 spiro atoms. The maximum atomic E-state index is 12.4. The Kier molecular flexibility index (Phi) is 4.55. The van der Waals surface area contributed by atoms with E-state index in [0.717, 1.165) is 24.9 Å². The molecule has 25 heavy (non-hydrogen) atoms. The highest BCUT2D eigenvalue weighted by Crippen LogP contribution is 2.23. The summed E-state index contributed by atoms with van der Waals surface area (Å²) in [5.74, 6) is 1.67. The second kappa shape index (κ2) is 7.14. The van der Waals surface area contributed by atoms with Gasteiger partial charge in [-0.15, -0.1) is 0 Å². The van der Waals surface area contributed by atoms with Gasteiger partial charge in [0.15, 0.2) is 0 Å². The molecule has 1 saturated heterocycles. The molecule has 0 bridgehead atoms. The van der Waals surface area contributed by atoms with Gasteiger partial charge in [-0.05, 0) is 30.2 Å². The molecule has 1 fully saturated rings. The van der Waals surface area contributed by atoms with Crippen molar-refractivity contribution in [1.82, 2.24) is 29.8 Å². The summed E-state index contributed by atoms with van der Waals surface area (Å²) >= 11 is 1.61. The van der Waals surface area contributed by atoms with Gasteiger partial charge in [0.1, 0.15) is 19.2 Å². The van der Waals surface area contributed by atoms with Crippen molar-refractivity contribution >= 4 is 17.2 Å². The third-order valence-corrected chi connectivity index (χ3v) is 5.03. The molecule has 1 aliphatic heterocycles. The van der Waals surface area contributed by atoms with E-state index >= 15 is 0 Å². The Morgan fingerprint density at radius 1 is 1.44 bits per heavy atom. The van der Waals surface area contributed by atoms with Crippen LogP contribution in [0.15, 0.2) is 34.0 Å². The van der Waals surface area contributed by atoms with Crippen molar-refractivity contribution in [3.05, 3.63) is 35.4 Å². The van der Waals surface area contributed by atoms with Crippen LogP contribution >= 0.6 is 11.3 Å². The van der Waals surface area contributed by atoms with E-state index in [1.165, 1.54) is 6.33 Å². The average molecular weight is 358 g/mol. The van der Waals surface area contributed by atoms with Crippen molar-refractivity contribution < 1.29 is 9.32 Å². The number of hydrogen-bond donors (Lipinski definition) is 0. The second-order valence-electron chi connectivity index (χ2n) is 6.17. The van der Waals surface area contributed by atoms with Crippen LogP contribution in [0.5, 0.6) is 0 Å². The normalized spacial score (nSPS) is 17.8. The number of carbonyl (C=O) groups excluding carboxylic acids is 1. The Labute approximate surface area is 148 Å². The number of nitrogens with zero attached hydrogens (tertiary/aromatic N) is 6. The first-order valence-electron chi connectivity index (χ1n) is 8.23. The van der Waals surface area contributed by atoms with E-state index in [4.69, 9.17) is 4.52 Å². The van der Waals surface area contributed by atoms with Crippen LogP contribution in [-0.2, 0) is 17.8 Å². The van der Waals surface area contributed by atoms with Crippen LogP contribution in [0, 0.1) is 5.92 Å². The second-order valence-corrected chi connectivity index (χ2v) is 6.95. The first kappa shape index (κ1) is 15.9. The highest BCUT2D eigenvalue weighted by molar-refractivity contribution is 7.08. The molecule has 1 aliphatic rings. The third-order valence-electron chi connectivity index (χ3n) is 4.35. The summed E-state index contributed by atoms with van der Waals surface area (Å²) in [5, 5.41) is 12.0. The van der Waals surface area contributed by atoms with Gasteiger partial charge >= 0.3 is 0 Å². The minimum atomic E-state index is 0.0692. The zero-order chi connectivity index (χ0) is 17.1. The fourth-order valence-corrected chi connectivity index (χ4v) is 3.74. The Morgan fingerprint density at radius 3 is 3.20 bits per heavy atom. The molecule has 1 amide bonds. The SMILES string of the molecule is O=C(Cn1cncn1)N1CCC[C@@H](Cc2nc(-c3ccsc3)no2)C1. The smallest absolute Gasteiger partial charge is 0.244 e. The van der Waals surface area contributed by atoms with Gasteiger partial charge in [0, 0.05) is 30.5 Å². The Balaban J connectivity index is 1.36. The van der Waals surface area contributed by atoms with Crippen molar-refractivity contribution in [2.45, 2.75) is 25.8 Å². The standard InChI is InChI=1S/C16H18N6O2S/c23-15(8-22-11-17-10-18-22)21-4-1-2-12(7-21)6-14-19-16(20-24-14)13-3-5-25-9-13/h3,5,9-12H,1-2,4,6-8H2/t12-/m0/s1. The lowest BCUT2D eigenvalue weighted by molar-refractivity contribution is -0.133. The first-order chi connectivity index (χ1) is 12.3. The molecular formula is C16H18N6O2S. The molecule has 0 N–H and O–H groups in total. The lowest BCUT2D eigenvalue weighted by Crippen LogP contribution is -2.42. The summed E-state index contributed by atoms with van der Waals surface area (Å²) in [5.41, 5.74) is 0.980. The van der Waals surface area contributed by atoms with Crippen LogP contribution < -0.4 is 0 Å². The number of piperidine rings is 1. The maximum absolute atomic E-state index is 12.4. The molecule has 0 aromatic carbocycles. The van der Waals surface area contributed by atoms with Crippen molar-refractivity contribution in [3.63, 3.8) is 0 Å². The van der Waals surface area contributed by atoms with Crippen molar-refractivity contribution in [2.75, 3.05) is 13.1 Å². The highest BCUT2D eigenvalue weighted by atomic mass is 32.1. The molecular weight excluding hydrogens is 340 g/mol.